The molecule has 262 valence electrons. The molecule has 3 aromatic rings. The first kappa shape index (κ1) is 38.4. The Morgan fingerprint density at radius 2 is 1.29 bits per heavy atom. The van der Waals surface area contributed by atoms with Crippen LogP contribution in [0.4, 0.5) is 33.3 Å². The number of nitrogens with two attached hydrogens (primary N) is 2. The summed E-state index contributed by atoms with van der Waals surface area (Å²) in [6.07, 6.45) is 5.45. The van der Waals surface area contributed by atoms with Gasteiger partial charge in [0.25, 0.3) is 0 Å². The standard InChI is InChI=1S/C38H47F5N2O3/c39-37(40,41)26-10-7-8-12-29-14-20-32(21-15-29)38(42,43)48-34-23-16-30(17-24-34)18-25-36(46)47-27-11-6-4-2-1-3-5-9-13-31-19-22-33(44)28-35(31)45/h14-25,28H,1-13,26-27,44-45H2/b25-18+. The second-order valence-electron chi connectivity index (χ2n) is 12.1. The van der Waals surface area contributed by atoms with Crippen LogP contribution in [0.3, 0.4) is 0 Å². The maximum absolute atomic E-state index is 14.7. The molecule has 3 rings (SSSR count). The van der Waals surface area contributed by atoms with Gasteiger partial charge in [-0.05, 0) is 97.7 Å². The van der Waals surface area contributed by atoms with Crippen LogP contribution in [0.15, 0.2) is 72.8 Å². The molecule has 0 aromatic heterocycles. The van der Waals surface area contributed by atoms with Gasteiger partial charge in [-0.1, -0.05) is 75.3 Å². The van der Waals surface area contributed by atoms with Crippen molar-refractivity contribution in [3.63, 3.8) is 0 Å². The van der Waals surface area contributed by atoms with Crippen LogP contribution in [0.2, 0.25) is 0 Å². The number of alkyl halides is 5. The van der Waals surface area contributed by atoms with Crippen molar-refractivity contribution in [1.29, 1.82) is 0 Å². The molecule has 0 atom stereocenters. The number of unbranched alkanes of at least 4 members (excludes halogenated alkanes) is 9. The molecule has 0 aliphatic carbocycles. The summed E-state index contributed by atoms with van der Waals surface area (Å²) in [4.78, 5) is 12.1. The van der Waals surface area contributed by atoms with Crippen molar-refractivity contribution in [2.45, 2.75) is 102 Å². The van der Waals surface area contributed by atoms with Crippen molar-refractivity contribution in [3.05, 3.63) is 95.1 Å². The summed E-state index contributed by atoms with van der Waals surface area (Å²) in [7, 11) is 0. The summed E-state index contributed by atoms with van der Waals surface area (Å²) in [5, 5.41) is 0. The second-order valence-corrected chi connectivity index (χ2v) is 12.1. The van der Waals surface area contributed by atoms with Gasteiger partial charge in [0.2, 0.25) is 0 Å². The minimum absolute atomic E-state index is 0.0446. The van der Waals surface area contributed by atoms with Gasteiger partial charge >= 0.3 is 18.3 Å². The molecule has 0 radical (unpaired) electrons. The van der Waals surface area contributed by atoms with E-state index in [0.717, 1.165) is 61.8 Å². The maximum atomic E-state index is 14.7. The molecule has 5 nitrogen and oxygen atoms in total. The molecule has 0 fully saturated rings. The lowest BCUT2D eigenvalue weighted by Crippen LogP contribution is -2.21. The fourth-order valence-corrected chi connectivity index (χ4v) is 5.26. The molecule has 3 aromatic carbocycles. The van der Waals surface area contributed by atoms with Crippen LogP contribution >= 0.6 is 0 Å². The first-order valence-corrected chi connectivity index (χ1v) is 16.7. The predicted octanol–water partition coefficient (Wildman–Crippen LogP) is 10.6. The number of anilines is 2. The Bertz CT molecular complexity index is 1410. The average molecular weight is 675 g/mol. The Morgan fingerprint density at radius 3 is 1.94 bits per heavy atom. The Kier molecular flexibility index (Phi) is 15.7. The molecular formula is C38H47F5N2O3. The number of benzene rings is 3. The van der Waals surface area contributed by atoms with Gasteiger partial charge in [-0.3, -0.25) is 0 Å². The smallest absolute Gasteiger partial charge is 0.426 e. The van der Waals surface area contributed by atoms with E-state index in [1.54, 1.807) is 24.3 Å². The monoisotopic (exact) mass is 674 g/mol. The van der Waals surface area contributed by atoms with Gasteiger partial charge in [0.05, 0.1) is 12.2 Å². The number of nitrogen functional groups attached to an aromatic ring is 2. The molecule has 4 N–H and O–H groups in total. The van der Waals surface area contributed by atoms with Crippen molar-refractivity contribution in [3.8, 4) is 5.75 Å². The summed E-state index contributed by atoms with van der Waals surface area (Å²) < 4.78 is 76.4. The van der Waals surface area contributed by atoms with Gasteiger partial charge in [-0.25, -0.2) is 4.79 Å². The van der Waals surface area contributed by atoms with Gasteiger partial charge in [0.15, 0.2) is 0 Å². The average Bonchev–Trinajstić information content (AvgIpc) is 3.03. The number of carbonyl (C=O) groups is 1. The van der Waals surface area contributed by atoms with Crippen LogP contribution in [-0.2, 0) is 28.5 Å². The van der Waals surface area contributed by atoms with E-state index < -0.39 is 24.7 Å². The van der Waals surface area contributed by atoms with Crippen molar-refractivity contribution in [2.24, 2.45) is 0 Å². The van der Waals surface area contributed by atoms with Crippen LogP contribution in [0, 0.1) is 0 Å². The quantitative estimate of drug-likeness (QED) is 0.0386. The highest BCUT2D eigenvalue weighted by Gasteiger charge is 2.34. The lowest BCUT2D eigenvalue weighted by molar-refractivity contribution is -0.185. The van der Waals surface area contributed by atoms with Crippen molar-refractivity contribution < 1.29 is 36.2 Å². The summed E-state index contributed by atoms with van der Waals surface area (Å²) in [5.41, 5.74) is 15.4. The molecule has 10 heteroatoms. The molecule has 0 unspecified atom stereocenters. The van der Waals surface area contributed by atoms with E-state index in [4.69, 9.17) is 20.9 Å². The van der Waals surface area contributed by atoms with Gasteiger partial charge in [0.1, 0.15) is 5.75 Å². The van der Waals surface area contributed by atoms with Crippen molar-refractivity contribution in [1.82, 2.24) is 0 Å². The number of hydrogen-bond donors (Lipinski definition) is 2. The fraction of sp³-hybridized carbons (Fsp3) is 0.447. The number of aryl methyl sites for hydroxylation is 2. The van der Waals surface area contributed by atoms with Gasteiger partial charge in [-0.2, -0.15) is 22.0 Å². The van der Waals surface area contributed by atoms with Crippen LogP contribution in [-0.4, -0.2) is 18.8 Å². The molecular weight excluding hydrogens is 627 g/mol. The highest BCUT2D eigenvalue weighted by molar-refractivity contribution is 5.87. The van der Waals surface area contributed by atoms with E-state index in [9.17, 15) is 26.7 Å². The summed E-state index contributed by atoms with van der Waals surface area (Å²) in [6.45, 7) is 0.344. The number of halogens is 5. The normalized spacial score (nSPS) is 12.0. The second kappa shape index (κ2) is 19.7. The predicted molar refractivity (Wildman–Crippen MR) is 182 cm³/mol. The summed E-state index contributed by atoms with van der Waals surface area (Å²) >= 11 is 0. The van der Waals surface area contributed by atoms with E-state index in [-0.39, 0.29) is 17.7 Å². The zero-order chi connectivity index (χ0) is 34.8. The number of esters is 1. The van der Waals surface area contributed by atoms with Crippen molar-refractivity contribution >= 4 is 23.4 Å². The number of hydrogen-bond acceptors (Lipinski definition) is 5. The minimum Gasteiger partial charge on any atom is -0.463 e. The highest BCUT2D eigenvalue weighted by atomic mass is 19.4. The number of rotatable bonds is 21. The molecule has 0 spiro atoms. The molecule has 0 aliphatic heterocycles. The van der Waals surface area contributed by atoms with Crippen LogP contribution < -0.4 is 16.2 Å². The Balaban J connectivity index is 1.25. The lowest BCUT2D eigenvalue weighted by atomic mass is 10.0. The third kappa shape index (κ3) is 15.2. The Hall–Kier alpha value is -4.08. The van der Waals surface area contributed by atoms with Gasteiger partial charge in [-0.15, -0.1) is 0 Å². The van der Waals surface area contributed by atoms with E-state index >= 15 is 0 Å². The highest BCUT2D eigenvalue weighted by Crippen LogP contribution is 2.32. The van der Waals surface area contributed by atoms with Gasteiger partial charge in [0, 0.05) is 23.9 Å². The number of ether oxygens (including phenoxy) is 2. The van der Waals surface area contributed by atoms with E-state index in [1.807, 2.05) is 12.1 Å². The summed E-state index contributed by atoms with van der Waals surface area (Å²) in [6, 6.07) is 17.2. The van der Waals surface area contributed by atoms with Crippen LogP contribution in [0.25, 0.3) is 6.08 Å². The minimum atomic E-state index is -4.16. The topological polar surface area (TPSA) is 87.6 Å². The van der Waals surface area contributed by atoms with E-state index in [0.29, 0.717) is 37.1 Å². The molecule has 0 heterocycles. The largest absolute Gasteiger partial charge is 0.463 e. The molecule has 48 heavy (non-hydrogen) atoms. The summed E-state index contributed by atoms with van der Waals surface area (Å²) in [5.74, 6) is -0.509. The zero-order valence-corrected chi connectivity index (χ0v) is 27.4. The maximum Gasteiger partial charge on any atom is 0.426 e. The number of carbonyl (C=O) groups excluding carboxylic acids is 1. The molecule has 0 amide bonds. The van der Waals surface area contributed by atoms with E-state index in [2.05, 4.69) is 0 Å². The van der Waals surface area contributed by atoms with Gasteiger partial charge < -0.3 is 20.9 Å². The first-order valence-electron chi connectivity index (χ1n) is 16.7. The zero-order valence-electron chi connectivity index (χ0n) is 27.4. The first-order chi connectivity index (χ1) is 22.9. The molecule has 0 saturated heterocycles. The molecule has 0 bridgehead atoms. The fourth-order valence-electron chi connectivity index (χ4n) is 5.26. The van der Waals surface area contributed by atoms with Crippen LogP contribution in [0.5, 0.6) is 5.75 Å². The third-order valence-electron chi connectivity index (χ3n) is 8.01. The van der Waals surface area contributed by atoms with Crippen molar-refractivity contribution in [2.75, 3.05) is 18.1 Å². The van der Waals surface area contributed by atoms with E-state index in [1.165, 1.54) is 55.3 Å². The third-order valence-corrected chi connectivity index (χ3v) is 8.01. The molecule has 0 saturated carbocycles. The SMILES string of the molecule is Nc1ccc(CCCCCCCCCCOC(=O)/C=C/c2ccc(OC(F)(F)c3ccc(CCCCCC(F)(F)F)cc3)cc2)c(N)c1. The molecule has 0 aliphatic rings. The Morgan fingerprint density at radius 1 is 0.688 bits per heavy atom. The lowest BCUT2D eigenvalue weighted by Gasteiger charge is -2.18. The Labute approximate surface area is 280 Å². The van der Waals surface area contributed by atoms with Crippen LogP contribution in [0.1, 0.15) is 99.3 Å².